The SMILES string of the molecule is CCC(=O)CNC(=O)[C@H](CCc1ccccc1)NC(=O)c1cc(-c2c(OC)cccc2OC)n(CC(C)C)n1.CCC(C)Cn1nc(C(=O)N[C@@H](CCc2ccccc2)C(=O)NCC(O)CC)cc1-c1c(OC)cccc1OC.CCC(O)CNC(=O)[C@H](CCc1ccccc1)NC(=O)c1cc(-c2c(OC)cccc2OC)n(CC(CC)CC)n1. The summed E-state index contributed by atoms with van der Waals surface area (Å²) in [5.41, 5.74) is 7.89. The summed E-state index contributed by atoms with van der Waals surface area (Å²) < 4.78 is 39.2. The Morgan fingerprint density at radius 1 is 0.375 bits per heavy atom. The van der Waals surface area contributed by atoms with Gasteiger partial charge in [0.2, 0.25) is 17.7 Å². The second-order valence-corrected chi connectivity index (χ2v) is 29.9. The lowest BCUT2D eigenvalue weighted by molar-refractivity contribution is -0.126. The van der Waals surface area contributed by atoms with Gasteiger partial charge in [0.05, 0.1) is 95.2 Å². The van der Waals surface area contributed by atoms with Crippen molar-refractivity contribution in [3.05, 3.63) is 198 Å². The van der Waals surface area contributed by atoms with E-state index in [0.717, 1.165) is 36.0 Å². The molecule has 0 fully saturated rings. The fraction of sp³-hybridized carbons (Fsp3) is 0.441. The Morgan fingerprint density at radius 3 is 0.950 bits per heavy atom. The maximum atomic E-state index is 13.6. The third-order valence-electron chi connectivity index (χ3n) is 20.8. The lowest BCUT2D eigenvalue weighted by Gasteiger charge is -2.19. The highest BCUT2D eigenvalue weighted by atomic mass is 16.5. The Bertz CT molecular complexity index is 4630. The highest BCUT2D eigenvalue weighted by Crippen LogP contribution is 2.42. The molecule has 0 radical (unpaired) electrons. The number of aromatic nitrogens is 6. The Morgan fingerprint density at radius 2 is 0.675 bits per heavy atom. The molecule has 3 aromatic heterocycles. The second-order valence-electron chi connectivity index (χ2n) is 29.9. The first-order valence-electron chi connectivity index (χ1n) is 41.5. The molecule has 0 bridgehead atoms. The van der Waals surface area contributed by atoms with Crippen molar-refractivity contribution in [3.63, 3.8) is 0 Å². The van der Waals surface area contributed by atoms with E-state index in [1.54, 1.807) is 77.1 Å². The zero-order valence-corrected chi connectivity index (χ0v) is 72.3. The lowest BCUT2D eigenvalue weighted by atomic mass is 10.0. The van der Waals surface area contributed by atoms with Crippen LogP contribution in [0.25, 0.3) is 33.8 Å². The van der Waals surface area contributed by atoms with Gasteiger partial charge < -0.3 is 70.5 Å². The maximum Gasteiger partial charge on any atom is 0.272 e. The number of carbonyl (C=O) groups excluding carboxylic acids is 7. The molecule has 27 nitrogen and oxygen atoms in total. The number of aryl methyl sites for hydroxylation is 3. The van der Waals surface area contributed by atoms with Gasteiger partial charge in [-0.1, -0.05) is 191 Å². The van der Waals surface area contributed by atoms with Crippen LogP contribution < -0.4 is 60.3 Å². The molecule has 9 aromatic rings. The molecule has 6 amide bonds. The third kappa shape index (κ3) is 28.2. The molecular weight excluding hydrogens is 1530 g/mol. The largest absolute Gasteiger partial charge is 0.496 e. The molecule has 27 heteroatoms. The number of amides is 6. The average molecular weight is 1650 g/mol. The van der Waals surface area contributed by atoms with Gasteiger partial charge in [-0.3, -0.25) is 47.6 Å². The van der Waals surface area contributed by atoms with Gasteiger partial charge in [-0.2, -0.15) is 15.3 Å². The summed E-state index contributed by atoms with van der Waals surface area (Å²) in [5, 5.41) is 50.7. The molecule has 3 unspecified atom stereocenters. The van der Waals surface area contributed by atoms with E-state index >= 15 is 0 Å². The van der Waals surface area contributed by atoms with Crippen molar-refractivity contribution in [2.24, 2.45) is 17.8 Å². The standard InChI is InChI=1S/C32H44N4O5.C31H42N4O5.C30H38N4O5/c1-6-22(7-2)21-36-27(30-28(40-4)15-12-16-29(30)41-5)19-26(35-36)32(39)34-25(31(38)33-20-24(37)8-3)18-17-23-13-10-9-11-14-23;1-6-21(3)20-35-26(29-27(39-4)14-11-15-28(29)40-5)18-25(34-35)31(38)33-24(30(37)32-19-23(36)7-2)17-16-22-12-9-8-10-13-22;1-6-22(35)18-31-29(36)23(16-15-21-11-8-7-9-12-21)32-30(37)24-17-25(34(33-24)19-20(2)3)28-26(38-4)13-10-14-27(28)39-5/h9-16,19,22,24-25,37H,6-8,17-18,20-21H2,1-5H3,(H,33,38)(H,34,39);8-15,18,21,23-24,36H,6-7,16-17,19-20H2,1-5H3,(H,32,37)(H,33,38);7-14,17,20,23H,6,15-16,18-19H2,1-5H3,(H,31,36)(H,32,37)/t24?,25-;21?,23?,24-;23-/m000/s1. The molecule has 9 rings (SSSR count). The summed E-state index contributed by atoms with van der Waals surface area (Å²) in [7, 11) is 9.53. The van der Waals surface area contributed by atoms with E-state index in [-0.39, 0.29) is 60.2 Å². The number of rotatable bonds is 45. The first-order chi connectivity index (χ1) is 57.9. The van der Waals surface area contributed by atoms with E-state index in [1.165, 1.54) is 0 Å². The summed E-state index contributed by atoms with van der Waals surface area (Å²) >= 11 is 0. The highest BCUT2D eigenvalue weighted by molar-refractivity contribution is 6.00. The van der Waals surface area contributed by atoms with Crippen molar-refractivity contribution in [1.82, 2.24) is 61.2 Å². The van der Waals surface area contributed by atoms with Crippen molar-refractivity contribution in [3.8, 4) is 68.3 Å². The van der Waals surface area contributed by atoms with Crippen LogP contribution in [0.5, 0.6) is 34.5 Å². The number of hydrogen-bond donors (Lipinski definition) is 8. The minimum Gasteiger partial charge on any atom is -0.496 e. The minimum absolute atomic E-state index is 0.0756. The van der Waals surface area contributed by atoms with E-state index in [9.17, 15) is 43.8 Å². The van der Waals surface area contributed by atoms with Crippen LogP contribution in [-0.2, 0) is 58.1 Å². The number of benzene rings is 6. The van der Waals surface area contributed by atoms with Gasteiger partial charge in [0.15, 0.2) is 22.9 Å². The molecule has 646 valence electrons. The van der Waals surface area contributed by atoms with E-state index in [0.29, 0.717) is 158 Å². The molecule has 6 atom stereocenters. The minimum atomic E-state index is -0.846. The van der Waals surface area contributed by atoms with Crippen molar-refractivity contribution >= 4 is 41.2 Å². The molecule has 0 saturated carbocycles. The van der Waals surface area contributed by atoms with Crippen molar-refractivity contribution < 1.29 is 72.2 Å². The molecule has 3 heterocycles. The van der Waals surface area contributed by atoms with Crippen LogP contribution in [0.15, 0.2) is 164 Å². The molecular formula is C93H124N12O15. The van der Waals surface area contributed by atoms with E-state index in [2.05, 4.69) is 83.6 Å². The van der Waals surface area contributed by atoms with Crippen LogP contribution in [-0.4, -0.2) is 173 Å². The number of nitrogens with zero attached hydrogens (tertiary/aromatic N) is 6. The summed E-state index contributed by atoms with van der Waals surface area (Å²) in [6, 6.07) is 48.5. The van der Waals surface area contributed by atoms with Crippen LogP contribution >= 0.6 is 0 Å². The molecule has 120 heavy (non-hydrogen) atoms. The number of nitrogens with one attached hydrogen (secondary N) is 6. The van der Waals surface area contributed by atoms with Gasteiger partial charge in [-0.05, 0) is 140 Å². The fourth-order valence-corrected chi connectivity index (χ4v) is 13.3. The summed E-state index contributed by atoms with van der Waals surface area (Å²) in [5.74, 6) is 1.95. The molecule has 0 aliphatic rings. The predicted molar refractivity (Wildman–Crippen MR) is 466 cm³/mol. The zero-order chi connectivity index (χ0) is 87.2. The molecule has 0 aliphatic carbocycles. The average Bonchev–Trinajstić information content (AvgIpc) is 1.68. The Kier molecular flexibility index (Phi) is 39.3. The first kappa shape index (κ1) is 95.3. The van der Waals surface area contributed by atoms with Crippen molar-refractivity contribution in [2.75, 3.05) is 62.3 Å². The summed E-state index contributed by atoms with van der Waals surface area (Å²) in [4.78, 5) is 91.7. The van der Waals surface area contributed by atoms with Gasteiger partial charge in [-0.15, -0.1) is 0 Å². The third-order valence-corrected chi connectivity index (χ3v) is 20.8. The number of hydrogen-bond acceptors (Lipinski definition) is 18. The Hall–Kier alpha value is -11.8. The van der Waals surface area contributed by atoms with E-state index in [4.69, 9.17) is 33.5 Å². The Labute approximate surface area is 706 Å². The van der Waals surface area contributed by atoms with Gasteiger partial charge in [-0.25, -0.2) is 0 Å². The van der Waals surface area contributed by atoms with Gasteiger partial charge in [0.25, 0.3) is 17.7 Å². The molecule has 8 N–H and O–H groups in total. The number of Topliss-reactive ketones (excluding diaryl/α,β-unsaturated/α-hetero) is 1. The molecule has 0 saturated heterocycles. The molecule has 6 aromatic carbocycles. The predicted octanol–water partition coefficient (Wildman–Crippen LogP) is 12.9. The maximum absolute atomic E-state index is 13.6. The quantitative estimate of drug-likeness (QED) is 0.0176. The van der Waals surface area contributed by atoms with Gasteiger partial charge in [0.1, 0.15) is 52.6 Å². The van der Waals surface area contributed by atoms with Crippen LogP contribution in [0, 0.1) is 17.8 Å². The van der Waals surface area contributed by atoms with Crippen LogP contribution in [0.3, 0.4) is 0 Å². The van der Waals surface area contributed by atoms with Crippen molar-refractivity contribution in [1.29, 1.82) is 0 Å². The number of ketones is 1. The molecule has 0 aliphatic heterocycles. The van der Waals surface area contributed by atoms with Gasteiger partial charge in [0, 0.05) is 39.1 Å². The van der Waals surface area contributed by atoms with E-state index in [1.807, 2.05) is 164 Å². The summed E-state index contributed by atoms with van der Waals surface area (Å²) in [6.45, 7) is 20.0. The van der Waals surface area contributed by atoms with Crippen molar-refractivity contribution in [2.45, 2.75) is 189 Å². The lowest BCUT2D eigenvalue weighted by Crippen LogP contribution is -2.48. The van der Waals surface area contributed by atoms with Gasteiger partial charge >= 0.3 is 0 Å². The number of ether oxygens (including phenoxy) is 6. The fourth-order valence-electron chi connectivity index (χ4n) is 13.3. The number of methoxy groups -OCH3 is 6. The Balaban J connectivity index is 0.000000248. The topological polar surface area (TPSA) is 341 Å². The molecule has 0 spiro atoms. The van der Waals surface area contributed by atoms with Crippen LogP contribution in [0.2, 0.25) is 0 Å². The smallest absolute Gasteiger partial charge is 0.272 e. The van der Waals surface area contributed by atoms with Crippen LogP contribution in [0.4, 0.5) is 0 Å². The van der Waals surface area contributed by atoms with Crippen LogP contribution in [0.1, 0.15) is 168 Å². The number of aliphatic hydroxyl groups excluding tert-OH is 2. The number of carbonyl (C=O) groups is 7. The summed E-state index contributed by atoms with van der Waals surface area (Å²) in [6.07, 6.45) is 5.85. The van der Waals surface area contributed by atoms with E-state index < -0.39 is 54.0 Å². The monoisotopic (exact) mass is 1650 g/mol. The second kappa shape index (κ2) is 49.5. The normalized spacial score (nSPS) is 12.5. The zero-order valence-electron chi connectivity index (χ0n) is 72.3. The first-order valence-corrected chi connectivity index (χ1v) is 41.5. The number of aliphatic hydroxyl groups is 2. The highest BCUT2D eigenvalue weighted by Gasteiger charge is 2.31.